The van der Waals surface area contributed by atoms with Crippen LogP contribution in [-0.2, 0) is 0 Å². The van der Waals surface area contributed by atoms with Crippen molar-refractivity contribution in [2.45, 2.75) is 6.92 Å². The molecule has 0 saturated carbocycles. The molecule has 5 N–H and O–H groups in total. The second-order valence-corrected chi connectivity index (χ2v) is 3.72. The Morgan fingerprint density at radius 2 is 1.76 bits per heavy atom. The summed E-state index contributed by atoms with van der Waals surface area (Å²) < 4.78 is 0. The molecule has 0 aliphatic rings. The minimum atomic E-state index is -0.0579. The fraction of sp³-hybridized carbons (Fsp3) is 0.133. The number of pyridine rings is 1. The van der Waals surface area contributed by atoms with Gasteiger partial charge in [-0.1, -0.05) is 0 Å². The average Bonchev–Trinajstić information content (AvgIpc) is 2.50. The van der Waals surface area contributed by atoms with Crippen LogP contribution in [0.25, 0.3) is 0 Å². The molecule has 0 amide bonds. The number of nitrogens with one attached hydrogen (secondary N) is 1. The number of benzene rings is 1. The zero-order chi connectivity index (χ0) is 16.3. The van der Waals surface area contributed by atoms with Crippen LogP contribution in [0.2, 0.25) is 0 Å². The molecule has 0 spiro atoms. The quantitative estimate of drug-likeness (QED) is 0.497. The van der Waals surface area contributed by atoms with Crippen molar-refractivity contribution in [1.82, 2.24) is 4.98 Å². The highest BCUT2D eigenvalue weighted by Gasteiger charge is 2.02. The van der Waals surface area contributed by atoms with Crippen molar-refractivity contribution in [2.24, 2.45) is 5.73 Å². The van der Waals surface area contributed by atoms with Crippen molar-refractivity contribution in [2.75, 3.05) is 7.05 Å². The number of carbonyl (C=O) groups excluding carboxylic acids is 1. The van der Waals surface area contributed by atoms with Crippen molar-refractivity contribution in [3.63, 3.8) is 0 Å². The van der Waals surface area contributed by atoms with Gasteiger partial charge in [0.15, 0.2) is 0 Å². The van der Waals surface area contributed by atoms with Crippen LogP contribution in [0.5, 0.6) is 11.5 Å². The fourth-order valence-electron chi connectivity index (χ4n) is 1.28. The van der Waals surface area contributed by atoms with E-state index in [1.807, 2.05) is 0 Å². The van der Waals surface area contributed by atoms with Gasteiger partial charge in [-0.3, -0.25) is 9.78 Å². The fourth-order valence-corrected chi connectivity index (χ4v) is 1.28. The number of aldehydes is 1. The van der Waals surface area contributed by atoms with Gasteiger partial charge in [0.05, 0.1) is 0 Å². The Balaban J connectivity index is 0.000000354. The van der Waals surface area contributed by atoms with Gasteiger partial charge in [0.1, 0.15) is 17.8 Å². The molecular formula is C15H19N3O3. The smallest absolute Gasteiger partial charge is 0.150 e. The summed E-state index contributed by atoms with van der Waals surface area (Å²) in [4.78, 5) is 13.7. The summed E-state index contributed by atoms with van der Waals surface area (Å²) in [6, 6.07) is 7.48. The maximum Gasteiger partial charge on any atom is 0.150 e. The van der Waals surface area contributed by atoms with Crippen molar-refractivity contribution < 1.29 is 15.0 Å². The summed E-state index contributed by atoms with van der Waals surface area (Å²) >= 11 is 0. The molecule has 0 fully saturated rings. The third-order valence-corrected chi connectivity index (χ3v) is 2.23. The van der Waals surface area contributed by atoms with Crippen LogP contribution >= 0.6 is 0 Å². The Labute approximate surface area is 123 Å². The van der Waals surface area contributed by atoms with Gasteiger partial charge >= 0.3 is 0 Å². The van der Waals surface area contributed by atoms with Crippen LogP contribution in [0.3, 0.4) is 0 Å². The molecular weight excluding hydrogens is 270 g/mol. The summed E-state index contributed by atoms with van der Waals surface area (Å²) in [5, 5.41) is 25.3. The third-order valence-electron chi connectivity index (χ3n) is 2.23. The highest BCUT2D eigenvalue weighted by atomic mass is 16.3. The number of nitrogens with two attached hydrogens (primary N) is 1. The van der Waals surface area contributed by atoms with Crippen LogP contribution < -0.4 is 5.73 Å². The minimum absolute atomic E-state index is 0.00694. The molecule has 6 heteroatoms. The molecule has 0 aliphatic heterocycles. The molecule has 0 atom stereocenters. The van der Waals surface area contributed by atoms with E-state index in [4.69, 9.17) is 15.6 Å². The van der Waals surface area contributed by atoms with Gasteiger partial charge in [-0.2, -0.15) is 0 Å². The monoisotopic (exact) mass is 289 g/mol. The van der Waals surface area contributed by atoms with E-state index in [1.54, 1.807) is 31.5 Å². The van der Waals surface area contributed by atoms with Gasteiger partial charge in [-0.15, -0.1) is 0 Å². The molecule has 2 rings (SSSR count). The van der Waals surface area contributed by atoms with E-state index in [-0.39, 0.29) is 17.2 Å². The van der Waals surface area contributed by atoms with E-state index >= 15 is 0 Å². The first-order chi connectivity index (χ1) is 10.0. The van der Waals surface area contributed by atoms with E-state index < -0.39 is 0 Å². The molecule has 1 heterocycles. The third kappa shape index (κ3) is 6.84. The summed E-state index contributed by atoms with van der Waals surface area (Å²) in [5.74, 6) is -0.0509. The van der Waals surface area contributed by atoms with Gasteiger partial charge in [0, 0.05) is 35.3 Å². The molecule has 0 aliphatic carbocycles. The number of hydrogen-bond donors (Lipinski definition) is 4. The van der Waals surface area contributed by atoms with Crippen LogP contribution in [0.4, 0.5) is 0 Å². The largest absolute Gasteiger partial charge is 0.508 e. The lowest BCUT2D eigenvalue weighted by Gasteiger charge is -2.01. The zero-order valence-electron chi connectivity index (χ0n) is 11.9. The number of phenols is 2. The lowest BCUT2D eigenvalue weighted by Crippen LogP contribution is -1.91. The van der Waals surface area contributed by atoms with E-state index in [2.05, 4.69) is 10.7 Å². The van der Waals surface area contributed by atoms with Crippen molar-refractivity contribution in [1.29, 1.82) is 5.41 Å². The molecule has 0 bridgehead atoms. The number of aromatic nitrogens is 1. The molecule has 1 aromatic heterocycles. The van der Waals surface area contributed by atoms with Gasteiger partial charge in [0.2, 0.25) is 0 Å². The van der Waals surface area contributed by atoms with E-state index in [0.717, 1.165) is 6.29 Å². The highest BCUT2D eigenvalue weighted by molar-refractivity contribution is 5.98. The number of nitrogens with zero attached hydrogens (tertiary/aromatic N) is 1. The first-order valence-electron chi connectivity index (χ1n) is 6.05. The predicted molar refractivity (Wildman–Crippen MR) is 82.0 cm³/mol. The minimum Gasteiger partial charge on any atom is -0.508 e. The van der Waals surface area contributed by atoms with Gasteiger partial charge in [0.25, 0.3) is 0 Å². The highest BCUT2D eigenvalue weighted by Crippen LogP contribution is 2.22. The number of aromatic hydroxyl groups is 2. The molecule has 1 aromatic carbocycles. The Kier molecular flexibility index (Phi) is 8.79. The normalized spacial score (nSPS) is 8.52. The summed E-state index contributed by atoms with van der Waals surface area (Å²) in [5.41, 5.74) is 5.89. The molecule has 0 radical (unpaired) electrons. The topological polar surface area (TPSA) is 120 Å². The maximum absolute atomic E-state index is 9.98. The van der Waals surface area contributed by atoms with Gasteiger partial charge < -0.3 is 21.4 Å². The van der Waals surface area contributed by atoms with Crippen LogP contribution in [0.15, 0.2) is 42.7 Å². The standard InChI is InChI=1S/C8H9NO2.C6H5NO.CH5N/c1-5(9)7-3-2-6(10)4-8(7)11;8-5-6-1-3-7-4-2-6;1-2/h2-4,9-11H,1H3;1-5H;2H2,1H3. The lowest BCUT2D eigenvalue weighted by atomic mass is 10.1. The number of phenolic OH excluding ortho intramolecular Hbond substituents is 2. The molecule has 6 nitrogen and oxygen atoms in total. The number of rotatable bonds is 2. The second-order valence-electron chi connectivity index (χ2n) is 3.72. The molecule has 2 aromatic rings. The molecule has 0 unspecified atom stereocenters. The lowest BCUT2D eigenvalue weighted by molar-refractivity contribution is 0.112. The zero-order valence-corrected chi connectivity index (χ0v) is 11.9. The van der Waals surface area contributed by atoms with E-state index in [0.29, 0.717) is 11.1 Å². The van der Waals surface area contributed by atoms with Crippen molar-refractivity contribution in [3.8, 4) is 11.5 Å². The Morgan fingerprint density at radius 1 is 1.19 bits per heavy atom. The Hall–Kier alpha value is -2.73. The van der Waals surface area contributed by atoms with Gasteiger partial charge in [-0.25, -0.2) is 0 Å². The molecule has 21 heavy (non-hydrogen) atoms. The molecule has 112 valence electrons. The van der Waals surface area contributed by atoms with E-state index in [9.17, 15) is 4.79 Å². The summed E-state index contributed by atoms with van der Waals surface area (Å²) in [6.07, 6.45) is 3.97. The van der Waals surface area contributed by atoms with Crippen LogP contribution in [-0.4, -0.2) is 34.2 Å². The Morgan fingerprint density at radius 3 is 2.14 bits per heavy atom. The summed E-state index contributed by atoms with van der Waals surface area (Å²) in [7, 11) is 1.50. The predicted octanol–water partition coefficient (Wildman–Crippen LogP) is 1.95. The summed E-state index contributed by atoms with van der Waals surface area (Å²) in [6.45, 7) is 1.58. The van der Waals surface area contributed by atoms with Crippen LogP contribution in [0.1, 0.15) is 22.8 Å². The van der Waals surface area contributed by atoms with Crippen LogP contribution in [0, 0.1) is 5.41 Å². The van der Waals surface area contributed by atoms with Crippen molar-refractivity contribution >= 4 is 12.0 Å². The maximum atomic E-state index is 9.98. The first kappa shape index (κ1) is 18.3. The van der Waals surface area contributed by atoms with E-state index in [1.165, 1.54) is 25.2 Å². The second kappa shape index (κ2) is 10.1. The number of hydrogen-bond acceptors (Lipinski definition) is 6. The van der Waals surface area contributed by atoms with Gasteiger partial charge in [-0.05, 0) is 38.2 Å². The SMILES string of the molecule is CC(=N)c1ccc(O)cc1O.CN.O=Cc1ccncc1. The Bertz CT molecular complexity index is 572. The molecule has 0 saturated heterocycles. The number of carbonyl (C=O) groups is 1. The van der Waals surface area contributed by atoms with Crippen molar-refractivity contribution in [3.05, 3.63) is 53.9 Å². The first-order valence-corrected chi connectivity index (χ1v) is 6.05. The average molecular weight is 289 g/mol.